The van der Waals surface area contributed by atoms with Gasteiger partial charge in [0.05, 0.1) is 12.1 Å². The van der Waals surface area contributed by atoms with Crippen LogP contribution in [0.2, 0.25) is 0 Å². The molecular weight excluding hydrogens is 323 g/mol. The van der Waals surface area contributed by atoms with Crippen LogP contribution < -0.4 is 5.32 Å². The van der Waals surface area contributed by atoms with Gasteiger partial charge in [-0.25, -0.2) is 9.18 Å². The number of benzene rings is 2. The van der Waals surface area contributed by atoms with Gasteiger partial charge in [-0.15, -0.1) is 0 Å². The standard InChI is InChI=1S/C19H21FN2O3/c1-13(2)22(11-14-4-3-5-15(10-14)19(24)25)12-18(23)21-17-8-6-16(20)7-9-17/h3-10,13H,11-12H2,1-2H3,(H,21,23)(H,24,25). The number of carbonyl (C=O) groups excluding carboxylic acids is 1. The zero-order valence-electron chi connectivity index (χ0n) is 14.2. The third kappa shape index (κ3) is 5.69. The normalized spacial score (nSPS) is 10.9. The lowest BCUT2D eigenvalue weighted by atomic mass is 10.1. The second kappa shape index (κ2) is 8.39. The molecule has 0 saturated carbocycles. The first kappa shape index (κ1) is 18.6. The number of carboxylic acids is 1. The van der Waals surface area contributed by atoms with Crippen LogP contribution in [0.5, 0.6) is 0 Å². The van der Waals surface area contributed by atoms with Crippen molar-refractivity contribution in [2.24, 2.45) is 0 Å². The molecule has 5 nitrogen and oxygen atoms in total. The van der Waals surface area contributed by atoms with E-state index in [0.29, 0.717) is 12.2 Å². The number of carbonyl (C=O) groups is 2. The fourth-order valence-corrected chi connectivity index (χ4v) is 2.38. The summed E-state index contributed by atoms with van der Waals surface area (Å²) in [5.74, 6) is -1.55. The van der Waals surface area contributed by atoms with Crippen LogP contribution in [0.3, 0.4) is 0 Å². The Bertz CT molecular complexity index is 745. The first-order chi connectivity index (χ1) is 11.8. The maximum Gasteiger partial charge on any atom is 0.335 e. The molecule has 0 bridgehead atoms. The van der Waals surface area contributed by atoms with Gasteiger partial charge in [0.25, 0.3) is 0 Å². The van der Waals surface area contributed by atoms with Crippen LogP contribution in [0.1, 0.15) is 29.8 Å². The Morgan fingerprint density at radius 3 is 2.44 bits per heavy atom. The van der Waals surface area contributed by atoms with E-state index in [4.69, 9.17) is 5.11 Å². The summed E-state index contributed by atoms with van der Waals surface area (Å²) in [4.78, 5) is 25.2. The third-order valence-electron chi connectivity index (χ3n) is 3.76. The van der Waals surface area contributed by atoms with E-state index < -0.39 is 5.97 Å². The van der Waals surface area contributed by atoms with Crippen LogP contribution >= 0.6 is 0 Å². The van der Waals surface area contributed by atoms with Crippen molar-refractivity contribution in [3.8, 4) is 0 Å². The fraction of sp³-hybridized carbons (Fsp3) is 0.263. The fourth-order valence-electron chi connectivity index (χ4n) is 2.38. The summed E-state index contributed by atoms with van der Waals surface area (Å²) in [6, 6.07) is 12.3. The predicted molar refractivity (Wildman–Crippen MR) is 94.0 cm³/mol. The first-order valence-electron chi connectivity index (χ1n) is 7.97. The lowest BCUT2D eigenvalue weighted by molar-refractivity contribution is -0.117. The van der Waals surface area contributed by atoms with E-state index in [9.17, 15) is 14.0 Å². The maximum atomic E-state index is 12.9. The number of anilines is 1. The summed E-state index contributed by atoms with van der Waals surface area (Å²) in [5.41, 5.74) is 1.57. The lowest BCUT2D eigenvalue weighted by Gasteiger charge is -2.26. The van der Waals surface area contributed by atoms with Gasteiger partial charge in [-0.05, 0) is 55.8 Å². The van der Waals surface area contributed by atoms with E-state index in [-0.39, 0.29) is 29.9 Å². The van der Waals surface area contributed by atoms with Crippen LogP contribution in [0.25, 0.3) is 0 Å². The number of nitrogens with zero attached hydrogens (tertiary/aromatic N) is 1. The molecule has 0 fully saturated rings. The number of rotatable bonds is 7. The largest absolute Gasteiger partial charge is 0.478 e. The van der Waals surface area contributed by atoms with E-state index in [1.54, 1.807) is 12.1 Å². The Kier molecular flexibility index (Phi) is 6.25. The molecular formula is C19H21FN2O3. The summed E-state index contributed by atoms with van der Waals surface area (Å²) in [6.07, 6.45) is 0. The minimum Gasteiger partial charge on any atom is -0.478 e. The van der Waals surface area contributed by atoms with Crippen LogP contribution in [0, 0.1) is 5.82 Å². The van der Waals surface area contributed by atoms with Crippen LogP contribution in [-0.4, -0.2) is 34.5 Å². The molecule has 25 heavy (non-hydrogen) atoms. The Hall–Kier alpha value is -2.73. The number of carboxylic acid groups (broad SMARTS) is 1. The molecule has 132 valence electrons. The molecule has 0 aliphatic heterocycles. The number of halogens is 1. The maximum absolute atomic E-state index is 12.9. The van der Waals surface area contributed by atoms with Crippen molar-refractivity contribution < 1.29 is 19.1 Å². The summed E-state index contributed by atoms with van der Waals surface area (Å²) >= 11 is 0. The van der Waals surface area contributed by atoms with Crippen molar-refractivity contribution in [3.63, 3.8) is 0 Å². The van der Waals surface area contributed by atoms with Gasteiger partial charge in [-0.2, -0.15) is 0 Å². The number of nitrogens with one attached hydrogen (secondary N) is 1. The SMILES string of the molecule is CC(C)N(CC(=O)Nc1ccc(F)cc1)Cc1cccc(C(=O)O)c1. The summed E-state index contributed by atoms with van der Waals surface area (Å²) in [7, 11) is 0. The second-order valence-electron chi connectivity index (χ2n) is 6.06. The van der Waals surface area contributed by atoms with Crippen molar-refractivity contribution in [1.29, 1.82) is 0 Å². The summed E-state index contributed by atoms with van der Waals surface area (Å²) < 4.78 is 12.9. The molecule has 0 heterocycles. The van der Waals surface area contributed by atoms with Crippen LogP contribution in [0.15, 0.2) is 48.5 Å². The topological polar surface area (TPSA) is 69.6 Å². The molecule has 0 saturated heterocycles. The third-order valence-corrected chi connectivity index (χ3v) is 3.76. The zero-order chi connectivity index (χ0) is 18.4. The highest BCUT2D eigenvalue weighted by Crippen LogP contribution is 2.12. The Balaban J connectivity index is 2.02. The molecule has 0 spiro atoms. The van der Waals surface area contributed by atoms with E-state index in [2.05, 4.69) is 5.32 Å². The van der Waals surface area contributed by atoms with Crippen molar-refractivity contribution in [2.45, 2.75) is 26.4 Å². The average Bonchev–Trinajstić information content (AvgIpc) is 2.56. The van der Waals surface area contributed by atoms with Crippen LogP contribution in [0.4, 0.5) is 10.1 Å². The second-order valence-corrected chi connectivity index (χ2v) is 6.06. The van der Waals surface area contributed by atoms with E-state index in [0.717, 1.165) is 5.56 Å². The molecule has 0 aromatic heterocycles. The Morgan fingerprint density at radius 2 is 1.84 bits per heavy atom. The van der Waals surface area contributed by atoms with Gasteiger partial charge in [-0.1, -0.05) is 12.1 Å². The van der Waals surface area contributed by atoms with Crippen molar-refractivity contribution >= 4 is 17.6 Å². The highest BCUT2D eigenvalue weighted by Gasteiger charge is 2.15. The van der Waals surface area contributed by atoms with Gasteiger partial charge in [0.15, 0.2) is 0 Å². The van der Waals surface area contributed by atoms with Crippen LogP contribution in [-0.2, 0) is 11.3 Å². The Morgan fingerprint density at radius 1 is 1.16 bits per heavy atom. The molecule has 0 atom stereocenters. The molecule has 2 N–H and O–H groups in total. The van der Waals surface area contributed by atoms with Gasteiger partial charge in [0.2, 0.25) is 5.91 Å². The predicted octanol–water partition coefficient (Wildman–Crippen LogP) is 3.37. The van der Waals surface area contributed by atoms with Gasteiger partial charge in [0.1, 0.15) is 5.82 Å². The highest BCUT2D eigenvalue weighted by atomic mass is 19.1. The van der Waals surface area contributed by atoms with E-state index >= 15 is 0 Å². The first-order valence-corrected chi connectivity index (χ1v) is 7.97. The molecule has 2 aromatic carbocycles. The molecule has 6 heteroatoms. The lowest BCUT2D eigenvalue weighted by Crippen LogP contribution is -2.37. The number of amides is 1. The summed E-state index contributed by atoms with van der Waals surface area (Å²) in [6.45, 7) is 4.53. The van der Waals surface area contributed by atoms with Crippen molar-refractivity contribution in [2.75, 3.05) is 11.9 Å². The smallest absolute Gasteiger partial charge is 0.335 e. The van der Waals surface area contributed by atoms with Gasteiger partial charge >= 0.3 is 5.97 Å². The van der Waals surface area contributed by atoms with Gasteiger partial charge in [0, 0.05) is 18.3 Å². The molecule has 2 rings (SSSR count). The minimum absolute atomic E-state index is 0.0902. The number of hydrogen-bond acceptors (Lipinski definition) is 3. The number of hydrogen-bond donors (Lipinski definition) is 2. The van der Waals surface area contributed by atoms with E-state index in [1.807, 2.05) is 24.8 Å². The van der Waals surface area contributed by atoms with Crippen molar-refractivity contribution in [1.82, 2.24) is 4.90 Å². The Labute approximate surface area is 146 Å². The molecule has 2 aromatic rings. The van der Waals surface area contributed by atoms with Gasteiger partial charge < -0.3 is 10.4 Å². The molecule has 0 radical (unpaired) electrons. The highest BCUT2D eigenvalue weighted by molar-refractivity contribution is 5.92. The summed E-state index contributed by atoms with van der Waals surface area (Å²) in [5, 5.41) is 11.8. The van der Waals surface area contributed by atoms with Gasteiger partial charge in [-0.3, -0.25) is 9.69 Å². The monoisotopic (exact) mass is 344 g/mol. The molecule has 0 aliphatic carbocycles. The van der Waals surface area contributed by atoms with E-state index in [1.165, 1.54) is 30.3 Å². The quantitative estimate of drug-likeness (QED) is 0.808. The zero-order valence-corrected chi connectivity index (χ0v) is 14.2. The average molecular weight is 344 g/mol. The molecule has 0 unspecified atom stereocenters. The minimum atomic E-state index is -0.980. The number of aromatic carboxylic acids is 1. The molecule has 1 amide bonds. The molecule has 0 aliphatic rings. The van der Waals surface area contributed by atoms with Crippen molar-refractivity contribution in [3.05, 3.63) is 65.5 Å².